The van der Waals surface area contributed by atoms with Gasteiger partial charge >= 0.3 is 0 Å². The molecule has 0 aliphatic heterocycles. The molecule has 3 rings (SSSR count). The molecule has 0 saturated heterocycles. The van der Waals surface area contributed by atoms with Gasteiger partial charge in [0.2, 0.25) is 5.91 Å². The molecule has 28 heavy (non-hydrogen) atoms. The van der Waals surface area contributed by atoms with E-state index in [0.29, 0.717) is 17.9 Å². The van der Waals surface area contributed by atoms with Crippen molar-refractivity contribution in [2.24, 2.45) is 0 Å². The zero-order valence-corrected chi connectivity index (χ0v) is 16.4. The number of benzene rings is 2. The molecule has 0 atom stereocenters. The van der Waals surface area contributed by atoms with Gasteiger partial charge in [0.05, 0.1) is 30.1 Å². The lowest BCUT2D eigenvalue weighted by Gasteiger charge is -2.15. The van der Waals surface area contributed by atoms with Crippen LogP contribution < -0.4 is 15.4 Å². The molecule has 0 spiro atoms. The lowest BCUT2D eigenvalue weighted by atomic mass is 10.1. The molecule has 5 heteroatoms. The first kappa shape index (κ1) is 19.4. The van der Waals surface area contributed by atoms with E-state index < -0.39 is 0 Å². The van der Waals surface area contributed by atoms with E-state index in [2.05, 4.69) is 15.6 Å². The summed E-state index contributed by atoms with van der Waals surface area (Å²) in [5.74, 6) is 1.38. The normalized spacial score (nSPS) is 10.6. The Balaban J connectivity index is 1.62. The zero-order chi connectivity index (χ0) is 19.9. The van der Waals surface area contributed by atoms with Crippen molar-refractivity contribution in [2.75, 3.05) is 10.6 Å². The number of carbonyl (C=O) groups is 1. The standard InChI is InChI=1S/C23H25N3O2/c1-16(2)28-21-10-5-4-9-20(21)26-22-12-11-19(15-24-22)25-23(27)14-18-8-6-7-17(3)13-18/h4-13,15-16H,14H2,1-3H3,(H,24,26)(H,25,27). The summed E-state index contributed by atoms with van der Waals surface area (Å²) in [6.07, 6.45) is 2.06. The van der Waals surface area contributed by atoms with Gasteiger partial charge in [0.1, 0.15) is 11.6 Å². The van der Waals surface area contributed by atoms with Crippen LogP contribution in [0.4, 0.5) is 17.2 Å². The highest BCUT2D eigenvalue weighted by Gasteiger charge is 2.07. The predicted molar refractivity (Wildman–Crippen MR) is 113 cm³/mol. The van der Waals surface area contributed by atoms with Crippen LogP contribution in [0.3, 0.4) is 0 Å². The SMILES string of the molecule is Cc1cccc(CC(=O)Nc2ccc(Nc3ccccc3OC(C)C)nc2)c1. The van der Waals surface area contributed by atoms with E-state index in [1.807, 2.05) is 81.4 Å². The van der Waals surface area contributed by atoms with E-state index in [-0.39, 0.29) is 12.0 Å². The van der Waals surface area contributed by atoms with Crippen molar-refractivity contribution in [2.45, 2.75) is 33.3 Å². The number of rotatable bonds is 7. The number of hydrogen-bond donors (Lipinski definition) is 2. The third kappa shape index (κ3) is 5.58. The van der Waals surface area contributed by atoms with E-state index >= 15 is 0 Å². The number of pyridine rings is 1. The second kappa shape index (κ2) is 9.04. The Kier molecular flexibility index (Phi) is 6.27. The second-order valence-corrected chi connectivity index (χ2v) is 6.93. The molecule has 0 aliphatic carbocycles. The van der Waals surface area contributed by atoms with Crippen LogP contribution in [-0.4, -0.2) is 17.0 Å². The molecule has 0 radical (unpaired) electrons. The molecule has 1 amide bonds. The Bertz CT molecular complexity index is 937. The first-order valence-electron chi connectivity index (χ1n) is 9.34. The fourth-order valence-corrected chi connectivity index (χ4v) is 2.82. The van der Waals surface area contributed by atoms with Gasteiger partial charge in [-0.2, -0.15) is 0 Å². The molecule has 1 heterocycles. The molecule has 1 aromatic heterocycles. The average Bonchev–Trinajstić information content (AvgIpc) is 2.64. The van der Waals surface area contributed by atoms with Gasteiger partial charge in [0.25, 0.3) is 0 Å². The molecule has 2 aromatic carbocycles. The lowest BCUT2D eigenvalue weighted by molar-refractivity contribution is -0.115. The number of nitrogens with zero attached hydrogens (tertiary/aromatic N) is 1. The Morgan fingerprint density at radius 1 is 1.07 bits per heavy atom. The second-order valence-electron chi connectivity index (χ2n) is 6.93. The Morgan fingerprint density at radius 2 is 1.89 bits per heavy atom. The Labute approximate surface area is 165 Å². The van der Waals surface area contributed by atoms with Gasteiger partial charge in [0.15, 0.2) is 0 Å². The van der Waals surface area contributed by atoms with E-state index in [9.17, 15) is 4.79 Å². The van der Waals surface area contributed by atoms with Crippen molar-refractivity contribution in [3.05, 3.63) is 78.0 Å². The van der Waals surface area contributed by atoms with Crippen molar-refractivity contribution in [1.82, 2.24) is 4.98 Å². The molecule has 0 fully saturated rings. The van der Waals surface area contributed by atoms with E-state index in [1.54, 1.807) is 6.20 Å². The van der Waals surface area contributed by atoms with Crippen LogP contribution in [-0.2, 0) is 11.2 Å². The first-order valence-corrected chi connectivity index (χ1v) is 9.34. The minimum Gasteiger partial charge on any atom is -0.489 e. The maximum absolute atomic E-state index is 12.2. The highest BCUT2D eigenvalue weighted by molar-refractivity contribution is 5.92. The number of para-hydroxylation sites is 2. The predicted octanol–water partition coefficient (Wildman–Crippen LogP) is 5.10. The van der Waals surface area contributed by atoms with Crippen molar-refractivity contribution in [3.63, 3.8) is 0 Å². The number of amides is 1. The number of anilines is 3. The van der Waals surface area contributed by atoms with Crippen LogP contribution >= 0.6 is 0 Å². The number of hydrogen-bond acceptors (Lipinski definition) is 4. The van der Waals surface area contributed by atoms with E-state index in [1.165, 1.54) is 0 Å². The fraction of sp³-hybridized carbons (Fsp3) is 0.217. The lowest BCUT2D eigenvalue weighted by Crippen LogP contribution is -2.14. The van der Waals surface area contributed by atoms with Crippen molar-refractivity contribution in [1.29, 1.82) is 0 Å². The van der Waals surface area contributed by atoms with Crippen LogP contribution in [0.2, 0.25) is 0 Å². The van der Waals surface area contributed by atoms with Crippen LogP contribution in [0, 0.1) is 6.92 Å². The topological polar surface area (TPSA) is 63.2 Å². The number of ether oxygens (including phenoxy) is 1. The summed E-state index contributed by atoms with van der Waals surface area (Å²) in [4.78, 5) is 16.6. The van der Waals surface area contributed by atoms with Crippen molar-refractivity contribution < 1.29 is 9.53 Å². The molecule has 0 bridgehead atoms. The van der Waals surface area contributed by atoms with Crippen LogP contribution in [0.15, 0.2) is 66.9 Å². The summed E-state index contributed by atoms with van der Waals surface area (Å²) >= 11 is 0. The van der Waals surface area contributed by atoms with Crippen molar-refractivity contribution in [3.8, 4) is 5.75 Å². The minimum absolute atomic E-state index is 0.0659. The molecule has 2 N–H and O–H groups in total. The van der Waals surface area contributed by atoms with E-state index in [0.717, 1.165) is 22.6 Å². The molecule has 144 valence electrons. The highest BCUT2D eigenvalue weighted by atomic mass is 16.5. The van der Waals surface area contributed by atoms with Gasteiger partial charge in [0, 0.05) is 0 Å². The summed E-state index contributed by atoms with van der Waals surface area (Å²) < 4.78 is 5.81. The first-order chi connectivity index (χ1) is 13.5. The van der Waals surface area contributed by atoms with Gasteiger partial charge in [-0.1, -0.05) is 42.0 Å². The van der Waals surface area contributed by atoms with Crippen LogP contribution in [0.5, 0.6) is 5.75 Å². The summed E-state index contributed by atoms with van der Waals surface area (Å²) in [7, 11) is 0. The molecule has 0 aliphatic rings. The summed E-state index contributed by atoms with van der Waals surface area (Å²) in [6, 6.07) is 19.3. The smallest absolute Gasteiger partial charge is 0.228 e. The monoisotopic (exact) mass is 375 g/mol. The summed E-state index contributed by atoms with van der Waals surface area (Å²) in [5, 5.41) is 6.14. The zero-order valence-electron chi connectivity index (χ0n) is 16.4. The molecular formula is C23H25N3O2. The average molecular weight is 375 g/mol. The Morgan fingerprint density at radius 3 is 2.61 bits per heavy atom. The van der Waals surface area contributed by atoms with Gasteiger partial charge in [-0.25, -0.2) is 4.98 Å². The number of carbonyl (C=O) groups excluding carboxylic acids is 1. The van der Waals surface area contributed by atoms with Gasteiger partial charge in [-0.15, -0.1) is 0 Å². The number of aryl methyl sites for hydroxylation is 1. The van der Waals surface area contributed by atoms with E-state index in [4.69, 9.17) is 4.74 Å². The molecule has 3 aromatic rings. The minimum atomic E-state index is -0.0659. The third-order valence-corrected chi connectivity index (χ3v) is 4.01. The maximum atomic E-state index is 12.2. The van der Waals surface area contributed by atoms with Gasteiger partial charge in [-0.3, -0.25) is 4.79 Å². The van der Waals surface area contributed by atoms with Gasteiger partial charge in [-0.05, 0) is 50.6 Å². The highest BCUT2D eigenvalue weighted by Crippen LogP contribution is 2.27. The molecular weight excluding hydrogens is 350 g/mol. The third-order valence-electron chi connectivity index (χ3n) is 4.01. The number of nitrogens with one attached hydrogen (secondary N) is 2. The Hall–Kier alpha value is -3.34. The number of aromatic nitrogens is 1. The molecule has 0 unspecified atom stereocenters. The summed E-state index contributed by atoms with van der Waals surface area (Å²) in [6.45, 7) is 5.99. The fourth-order valence-electron chi connectivity index (χ4n) is 2.82. The van der Waals surface area contributed by atoms with Gasteiger partial charge < -0.3 is 15.4 Å². The maximum Gasteiger partial charge on any atom is 0.228 e. The molecule has 5 nitrogen and oxygen atoms in total. The largest absolute Gasteiger partial charge is 0.489 e. The van der Waals surface area contributed by atoms with Crippen LogP contribution in [0.1, 0.15) is 25.0 Å². The molecule has 0 saturated carbocycles. The van der Waals surface area contributed by atoms with Crippen molar-refractivity contribution >= 4 is 23.1 Å². The quantitative estimate of drug-likeness (QED) is 0.603. The van der Waals surface area contributed by atoms with Crippen LogP contribution in [0.25, 0.3) is 0 Å². The summed E-state index contributed by atoms with van der Waals surface area (Å²) in [5.41, 5.74) is 3.64.